The van der Waals surface area contributed by atoms with Crippen molar-refractivity contribution >= 4 is 5.91 Å². The molecule has 0 spiro atoms. The van der Waals surface area contributed by atoms with E-state index in [0.29, 0.717) is 25.9 Å². The largest absolute Gasteiger partial charge is 0.469 e. The summed E-state index contributed by atoms with van der Waals surface area (Å²) in [6.45, 7) is 4.81. The molecule has 1 aliphatic heterocycles. The first-order valence-electron chi connectivity index (χ1n) is 6.59. The molecule has 1 amide bonds. The number of ether oxygens (including phenoxy) is 1. The highest BCUT2D eigenvalue weighted by Crippen LogP contribution is 2.21. The lowest BCUT2D eigenvalue weighted by atomic mass is 10.0. The highest BCUT2D eigenvalue weighted by Gasteiger charge is 2.34. The molecule has 0 bridgehead atoms. The number of carbonyl (C=O) groups excluding carboxylic acids is 1. The number of morpholine rings is 1. The van der Waals surface area contributed by atoms with Gasteiger partial charge in [-0.05, 0) is 26.0 Å². The average molecular weight is 267 g/mol. The van der Waals surface area contributed by atoms with E-state index in [4.69, 9.17) is 9.15 Å². The van der Waals surface area contributed by atoms with Gasteiger partial charge >= 0.3 is 0 Å². The molecule has 1 aromatic rings. The quantitative estimate of drug-likeness (QED) is 0.890. The van der Waals surface area contributed by atoms with Crippen LogP contribution in [0.15, 0.2) is 22.8 Å². The molecule has 1 fully saturated rings. The van der Waals surface area contributed by atoms with Crippen LogP contribution in [0, 0.1) is 0 Å². The molecule has 0 radical (unpaired) electrons. The lowest BCUT2D eigenvalue weighted by Crippen LogP contribution is -2.55. The van der Waals surface area contributed by atoms with Gasteiger partial charge in [-0.15, -0.1) is 0 Å². The number of aliphatic hydroxyl groups excluding tert-OH is 1. The normalized spacial score (nSPS) is 22.5. The van der Waals surface area contributed by atoms with Crippen LogP contribution in [0.25, 0.3) is 0 Å². The fraction of sp³-hybridized carbons (Fsp3) is 0.643. The third kappa shape index (κ3) is 3.81. The second-order valence-corrected chi connectivity index (χ2v) is 5.54. The van der Waals surface area contributed by atoms with Crippen molar-refractivity contribution in [2.75, 3.05) is 19.7 Å². The van der Waals surface area contributed by atoms with Crippen molar-refractivity contribution in [3.8, 4) is 0 Å². The summed E-state index contributed by atoms with van der Waals surface area (Å²) in [6.07, 6.45) is 2.34. The number of rotatable bonds is 4. The van der Waals surface area contributed by atoms with Gasteiger partial charge in [0.15, 0.2) is 0 Å². The minimum absolute atomic E-state index is 0.0641. The third-order valence-corrected chi connectivity index (χ3v) is 3.20. The van der Waals surface area contributed by atoms with Gasteiger partial charge in [-0.2, -0.15) is 0 Å². The van der Waals surface area contributed by atoms with Crippen LogP contribution in [0.1, 0.15) is 26.0 Å². The maximum Gasteiger partial charge on any atom is 0.223 e. The number of furan rings is 1. The summed E-state index contributed by atoms with van der Waals surface area (Å²) >= 11 is 0. The van der Waals surface area contributed by atoms with Gasteiger partial charge in [0.05, 0.1) is 24.6 Å². The van der Waals surface area contributed by atoms with Gasteiger partial charge in [0.2, 0.25) is 5.91 Å². The van der Waals surface area contributed by atoms with Crippen molar-refractivity contribution in [2.45, 2.75) is 38.4 Å². The van der Waals surface area contributed by atoms with Gasteiger partial charge in [0.1, 0.15) is 5.76 Å². The Bertz CT molecular complexity index is 413. The maximum absolute atomic E-state index is 12.2. The second kappa shape index (κ2) is 5.75. The Morgan fingerprint density at radius 2 is 2.37 bits per heavy atom. The van der Waals surface area contributed by atoms with E-state index in [0.717, 1.165) is 5.76 Å². The summed E-state index contributed by atoms with van der Waals surface area (Å²) < 4.78 is 10.9. The number of hydrogen-bond acceptors (Lipinski definition) is 4. The fourth-order valence-corrected chi connectivity index (χ4v) is 2.42. The van der Waals surface area contributed by atoms with Crippen LogP contribution in [0.5, 0.6) is 0 Å². The van der Waals surface area contributed by atoms with Crippen LogP contribution in [0.3, 0.4) is 0 Å². The van der Waals surface area contributed by atoms with E-state index >= 15 is 0 Å². The number of nitrogens with zero attached hydrogens (tertiary/aromatic N) is 1. The molecule has 1 atom stereocenters. The van der Waals surface area contributed by atoms with Crippen molar-refractivity contribution in [1.29, 1.82) is 0 Å². The Kier molecular flexibility index (Phi) is 4.27. The molecule has 0 aromatic carbocycles. The molecule has 1 unspecified atom stereocenters. The first-order valence-corrected chi connectivity index (χ1v) is 6.59. The minimum Gasteiger partial charge on any atom is -0.469 e. The summed E-state index contributed by atoms with van der Waals surface area (Å²) in [6, 6.07) is 3.69. The molecular formula is C14H21NO4. The van der Waals surface area contributed by atoms with Gasteiger partial charge < -0.3 is 19.2 Å². The zero-order valence-corrected chi connectivity index (χ0v) is 11.5. The fourth-order valence-electron chi connectivity index (χ4n) is 2.42. The van der Waals surface area contributed by atoms with E-state index in [1.165, 1.54) is 0 Å². The lowest BCUT2D eigenvalue weighted by Gasteiger charge is -2.42. The molecule has 5 heteroatoms. The van der Waals surface area contributed by atoms with Crippen molar-refractivity contribution in [3.63, 3.8) is 0 Å². The van der Waals surface area contributed by atoms with Crippen LogP contribution in [-0.2, 0) is 16.0 Å². The summed E-state index contributed by atoms with van der Waals surface area (Å²) in [7, 11) is 0. The minimum atomic E-state index is -0.411. The molecule has 1 aromatic heterocycles. The van der Waals surface area contributed by atoms with E-state index in [1.807, 2.05) is 26.0 Å². The SMILES string of the molecule is CC1(C)CN(C(=O)CCc2ccco2)CC(CO)O1. The van der Waals surface area contributed by atoms with E-state index in [-0.39, 0.29) is 18.6 Å². The molecule has 5 nitrogen and oxygen atoms in total. The molecule has 1 N–H and O–H groups in total. The van der Waals surface area contributed by atoms with Crippen LogP contribution < -0.4 is 0 Å². The van der Waals surface area contributed by atoms with Crippen LogP contribution >= 0.6 is 0 Å². The monoisotopic (exact) mass is 267 g/mol. The summed E-state index contributed by atoms with van der Waals surface area (Å²) in [4.78, 5) is 14.0. The maximum atomic E-state index is 12.2. The molecule has 0 saturated carbocycles. The highest BCUT2D eigenvalue weighted by atomic mass is 16.5. The van der Waals surface area contributed by atoms with Gasteiger partial charge in [-0.1, -0.05) is 0 Å². The van der Waals surface area contributed by atoms with Gasteiger partial charge in [0.25, 0.3) is 0 Å². The molecule has 0 aliphatic carbocycles. The van der Waals surface area contributed by atoms with Gasteiger partial charge in [-0.3, -0.25) is 4.79 Å². The van der Waals surface area contributed by atoms with Crippen molar-refractivity contribution in [3.05, 3.63) is 24.2 Å². The predicted octanol–water partition coefficient (Wildman–Crippen LogP) is 1.21. The van der Waals surface area contributed by atoms with Crippen molar-refractivity contribution in [1.82, 2.24) is 4.90 Å². The van der Waals surface area contributed by atoms with Gasteiger partial charge in [0, 0.05) is 25.9 Å². The molecule has 19 heavy (non-hydrogen) atoms. The number of carbonyl (C=O) groups is 1. The summed E-state index contributed by atoms with van der Waals surface area (Å²) in [5, 5.41) is 9.22. The van der Waals surface area contributed by atoms with E-state index < -0.39 is 5.60 Å². The van der Waals surface area contributed by atoms with Crippen molar-refractivity contribution in [2.24, 2.45) is 0 Å². The highest BCUT2D eigenvalue weighted by molar-refractivity contribution is 5.76. The Hall–Kier alpha value is -1.33. The zero-order chi connectivity index (χ0) is 13.9. The first kappa shape index (κ1) is 14.1. The standard InChI is InChI=1S/C14H21NO4/c1-14(2)10-15(8-12(9-16)19-14)13(17)6-5-11-4-3-7-18-11/h3-4,7,12,16H,5-6,8-10H2,1-2H3. The molecule has 2 heterocycles. The topological polar surface area (TPSA) is 62.9 Å². The third-order valence-electron chi connectivity index (χ3n) is 3.20. The number of hydrogen-bond donors (Lipinski definition) is 1. The van der Waals surface area contributed by atoms with E-state index in [1.54, 1.807) is 11.2 Å². The molecule has 1 saturated heterocycles. The Morgan fingerprint density at radius 1 is 1.58 bits per heavy atom. The van der Waals surface area contributed by atoms with E-state index in [9.17, 15) is 9.90 Å². The second-order valence-electron chi connectivity index (χ2n) is 5.54. The first-order chi connectivity index (χ1) is 9.00. The van der Waals surface area contributed by atoms with Crippen LogP contribution in [0.4, 0.5) is 0 Å². The molecule has 1 aliphatic rings. The Labute approximate surface area is 113 Å². The smallest absolute Gasteiger partial charge is 0.223 e. The Morgan fingerprint density at radius 3 is 3.00 bits per heavy atom. The molecular weight excluding hydrogens is 246 g/mol. The average Bonchev–Trinajstić information content (AvgIpc) is 2.87. The van der Waals surface area contributed by atoms with Crippen LogP contribution in [-0.4, -0.2) is 47.3 Å². The lowest BCUT2D eigenvalue weighted by molar-refractivity contribution is -0.166. The summed E-state index contributed by atoms with van der Waals surface area (Å²) in [5.41, 5.74) is -0.411. The molecule has 2 rings (SSSR count). The Balaban J connectivity index is 1.90. The number of amides is 1. The van der Waals surface area contributed by atoms with Crippen LogP contribution in [0.2, 0.25) is 0 Å². The predicted molar refractivity (Wildman–Crippen MR) is 69.6 cm³/mol. The zero-order valence-electron chi connectivity index (χ0n) is 11.5. The number of aryl methyl sites for hydroxylation is 1. The number of aliphatic hydroxyl groups is 1. The molecule has 106 valence electrons. The van der Waals surface area contributed by atoms with E-state index in [2.05, 4.69) is 0 Å². The summed E-state index contributed by atoms with van der Waals surface area (Å²) in [5.74, 6) is 0.894. The van der Waals surface area contributed by atoms with Gasteiger partial charge in [-0.25, -0.2) is 0 Å². The van der Waals surface area contributed by atoms with Crippen molar-refractivity contribution < 1.29 is 19.1 Å².